The van der Waals surface area contributed by atoms with Crippen molar-refractivity contribution in [2.24, 2.45) is 0 Å². The average Bonchev–Trinajstić information content (AvgIpc) is 2.80. The van der Waals surface area contributed by atoms with Crippen LogP contribution < -0.4 is 9.62 Å². The van der Waals surface area contributed by atoms with Crippen LogP contribution in [0, 0.1) is 12.7 Å². The summed E-state index contributed by atoms with van der Waals surface area (Å²) in [6.45, 7) is 4.32. The SMILES string of the molecule is Cc1ccc(S(=O)(=O)Nc2ccc(C(=O)N3CCN(c4ccc(F)cc4)CC3)cc2)cc1. The highest BCUT2D eigenvalue weighted by Gasteiger charge is 2.22. The molecule has 1 N–H and O–H groups in total. The quantitative estimate of drug-likeness (QED) is 0.636. The van der Waals surface area contributed by atoms with Crippen molar-refractivity contribution in [3.63, 3.8) is 0 Å². The van der Waals surface area contributed by atoms with E-state index in [0.717, 1.165) is 11.3 Å². The molecule has 6 nitrogen and oxygen atoms in total. The van der Waals surface area contributed by atoms with E-state index in [-0.39, 0.29) is 16.6 Å². The summed E-state index contributed by atoms with van der Waals surface area (Å²) < 4.78 is 40.7. The molecule has 3 aromatic carbocycles. The molecule has 4 rings (SSSR count). The van der Waals surface area contributed by atoms with Gasteiger partial charge in [0, 0.05) is 43.1 Å². The van der Waals surface area contributed by atoms with Crippen molar-refractivity contribution in [1.82, 2.24) is 4.90 Å². The van der Waals surface area contributed by atoms with Gasteiger partial charge < -0.3 is 9.80 Å². The first-order valence-corrected chi connectivity index (χ1v) is 11.8. The second-order valence-electron chi connectivity index (χ2n) is 7.75. The summed E-state index contributed by atoms with van der Waals surface area (Å²) in [6.07, 6.45) is 0. The number of amides is 1. The molecule has 0 aromatic heterocycles. The van der Waals surface area contributed by atoms with Crippen LogP contribution in [0.1, 0.15) is 15.9 Å². The Hall–Kier alpha value is -3.39. The Balaban J connectivity index is 1.37. The van der Waals surface area contributed by atoms with Gasteiger partial charge in [0.05, 0.1) is 4.90 Å². The van der Waals surface area contributed by atoms with Crippen LogP contribution in [0.2, 0.25) is 0 Å². The van der Waals surface area contributed by atoms with E-state index in [0.29, 0.717) is 37.4 Å². The predicted octanol–water partition coefficient (Wildman–Crippen LogP) is 3.90. The van der Waals surface area contributed by atoms with Crippen LogP contribution >= 0.6 is 0 Å². The van der Waals surface area contributed by atoms with Crippen molar-refractivity contribution >= 4 is 27.3 Å². The number of aryl methyl sites for hydroxylation is 1. The molecule has 0 radical (unpaired) electrons. The summed E-state index contributed by atoms with van der Waals surface area (Å²) in [5, 5.41) is 0. The summed E-state index contributed by atoms with van der Waals surface area (Å²) >= 11 is 0. The van der Waals surface area contributed by atoms with Gasteiger partial charge >= 0.3 is 0 Å². The third kappa shape index (κ3) is 4.91. The maximum absolute atomic E-state index is 13.1. The van der Waals surface area contributed by atoms with Crippen molar-refractivity contribution in [3.05, 3.63) is 89.7 Å². The molecule has 32 heavy (non-hydrogen) atoms. The largest absolute Gasteiger partial charge is 0.368 e. The van der Waals surface area contributed by atoms with Gasteiger partial charge in [-0.3, -0.25) is 9.52 Å². The number of benzene rings is 3. The molecule has 1 aliphatic rings. The fourth-order valence-corrected chi connectivity index (χ4v) is 4.67. The standard InChI is InChI=1S/C24H24FN3O3S/c1-18-2-12-23(13-3-18)32(30,31)26-21-8-4-19(5-9-21)24(29)28-16-14-27(15-17-28)22-10-6-20(25)7-11-22/h2-13,26H,14-17H2,1H3. The lowest BCUT2D eigenvalue weighted by molar-refractivity contribution is 0.0747. The number of piperazine rings is 1. The van der Waals surface area contributed by atoms with Gasteiger partial charge in [0.2, 0.25) is 0 Å². The van der Waals surface area contributed by atoms with Crippen LogP contribution in [-0.4, -0.2) is 45.4 Å². The first kappa shape index (κ1) is 21.8. The number of sulfonamides is 1. The molecule has 0 saturated carbocycles. The fraction of sp³-hybridized carbons (Fsp3) is 0.208. The Labute approximate surface area is 187 Å². The molecule has 1 aliphatic heterocycles. The van der Waals surface area contributed by atoms with Crippen molar-refractivity contribution in [2.45, 2.75) is 11.8 Å². The minimum Gasteiger partial charge on any atom is -0.368 e. The van der Waals surface area contributed by atoms with Crippen LogP contribution in [0.3, 0.4) is 0 Å². The molecule has 0 atom stereocenters. The van der Waals surface area contributed by atoms with Crippen molar-refractivity contribution < 1.29 is 17.6 Å². The Morgan fingerprint density at radius 1 is 0.844 bits per heavy atom. The van der Waals surface area contributed by atoms with Gasteiger partial charge in [0.25, 0.3) is 15.9 Å². The number of carbonyl (C=O) groups is 1. The normalized spacial score (nSPS) is 14.3. The van der Waals surface area contributed by atoms with E-state index < -0.39 is 10.0 Å². The Morgan fingerprint density at radius 3 is 2.03 bits per heavy atom. The zero-order valence-electron chi connectivity index (χ0n) is 17.7. The van der Waals surface area contributed by atoms with E-state index in [4.69, 9.17) is 0 Å². The van der Waals surface area contributed by atoms with Crippen LogP contribution in [0.15, 0.2) is 77.7 Å². The molecule has 0 spiro atoms. The number of hydrogen-bond acceptors (Lipinski definition) is 4. The molecule has 1 amide bonds. The highest BCUT2D eigenvalue weighted by Crippen LogP contribution is 2.20. The number of anilines is 2. The highest BCUT2D eigenvalue weighted by atomic mass is 32.2. The molecular weight excluding hydrogens is 429 g/mol. The highest BCUT2D eigenvalue weighted by molar-refractivity contribution is 7.92. The third-order valence-electron chi connectivity index (χ3n) is 5.47. The predicted molar refractivity (Wildman–Crippen MR) is 123 cm³/mol. The van der Waals surface area contributed by atoms with Crippen LogP contribution in [0.5, 0.6) is 0 Å². The summed E-state index contributed by atoms with van der Waals surface area (Å²) in [5.41, 5.74) is 2.80. The summed E-state index contributed by atoms with van der Waals surface area (Å²) in [5.74, 6) is -0.371. The molecule has 0 unspecified atom stereocenters. The Bertz CT molecular complexity index is 1190. The van der Waals surface area contributed by atoms with E-state index in [9.17, 15) is 17.6 Å². The van der Waals surface area contributed by atoms with Gasteiger partial charge in [-0.2, -0.15) is 0 Å². The van der Waals surface area contributed by atoms with Crippen molar-refractivity contribution in [1.29, 1.82) is 0 Å². The molecule has 0 bridgehead atoms. The first-order valence-electron chi connectivity index (χ1n) is 10.3. The Morgan fingerprint density at radius 2 is 1.44 bits per heavy atom. The molecule has 166 valence electrons. The minimum atomic E-state index is -3.69. The number of nitrogens with zero attached hydrogens (tertiary/aromatic N) is 2. The number of halogens is 1. The maximum Gasteiger partial charge on any atom is 0.261 e. The van der Waals surface area contributed by atoms with Crippen LogP contribution in [-0.2, 0) is 10.0 Å². The average molecular weight is 454 g/mol. The van der Waals surface area contributed by atoms with Gasteiger partial charge in [0.1, 0.15) is 5.82 Å². The number of rotatable bonds is 5. The van der Waals surface area contributed by atoms with Crippen LogP contribution in [0.4, 0.5) is 15.8 Å². The number of hydrogen-bond donors (Lipinski definition) is 1. The first-order chi connectivity index (χ1) is 15.3. The molecule has 0 aliphatic carbocycles. The van der Waals surface area contributed by atoms with Gasteiger partial charge in [-0.15, -0.1) is 0 Å². The van der Waals surface area contributed by atoms with E-state index in [1.807, 2.05) is 6.92 Å². The van der Waals surface area contributed by atoms with Crippen molar-refractivity contribution in [3.8, 4) is 0 Å². The molecule has 1 heterocycles. The van der Waals surface area contributed by atoms with Gasteiger partial charge in [-0.25, -0.2) is 12.8 Å². The Kier molecular flexibility index (Phi) is 6.14. The second-order valence-corrected chi connectivity index (χ2v) is 9.43. The zero-order valence-corrected chi connectivity index (χ0v) is 18.5. The van der Waals surface area contributed by atoms with E-state index in [1.54, 1.807) is 65.6 Å². The second kappa shape index (κ2) is 9.00. The van der Waals surface area contributed by atoms with Gasteiger partial charge in [-0.1, -0.05) is 17.7 Å². The lowest BCUT2D eigenvalue weighted by Gasteiger charge is -2.36. The van der Waals surface area contributed by atoms with Crippen LogP contribution in [0.25, 0.3) is 0 Å². The molecular formula is C24H24FN3O3S. The lowest BCUT2D eigenvalue weighted by Crippen LogP contribution is -2.48. The third-order valence-corrected chi connectivity index (χ3v) is 6.87. The molecule has 8 heteroatoms. The maximum atomic E-state index is 13.1. The molecule has 1 fully saturated rings. The van der Waals surface area contributed by atoms with Crippen molar-refractivity contribution in [2.75, 3.05) is 35.8 Å². The lowest BCUT2D eigenvalue weighted by atomic mass is 10.1. The summed E-state index contributed by atoms with van der Waals surface area (Å²) in [4.78, 5) is 16.9. The monoisotopic (exact) mass is 453 g/mol. The van der Waals surface area contributed by atoms with E-state index >= 15 is 0 Å². The number of nitrogens with one attached hydrogen (secondary N) is 1. The molecule has 1 saturated heterocycles. The fourth-order valence-electron chi connectivity index (χ4n) is 3.61. The topological polar surface area (TPSA) is 69.7 Å². The molecule has 3 aromatic rings. The van der Waals surface area contributed by atoms with Gasteiger partial charge in [0.15, 0.2) is 0 Å². The summed E-state index contributed by atoms with van der Waals surface area (Å²) in [6, 6.07) is 19.4. The van der Waals surface area contributed by atoms with E-state index in [2.05, 4.69) is 9.62 Å². The van der Waals surface area contributed by atoms with E-state index in [1.165, 1.54) is 12.1 Å². The number of carbonyl (C=O) groups excluding carboxylic acids is 1. The smallest absolute Gasteiger partial charge is 0.261 e. The minimum absolute atomic E-state index is 0.100. The summed E-state index contributed by atoms with van der Waals surface area (Å²) in [7, 11) is -3.69. The zero-order chi connectivity index (χ0) is 22.7. The van der Waals surface area contributed by atoms with Gasteiger partial charge in [-0.05, 0) is 67.6 Å².